The molecule has 3 unspecified atom stereocenters. The molecule has 6 atom stereocenters. The van der Waals surface area contributed by atoms with Gasteiger partial charge in [0.05, 0.1) is 6.61 Å². The van der Waals surface area contributed by atoms with Gasteiger partial charge in [-0.25, -0.2) is 0 Å². The number of likely N-dealkylation sites (tertiary alicyclic amines) is 1. The lowest BCUT2D eigenvalue weighted by Crippen LogP contribution is -2.68. The minimum absolute atomic E-state index is 0.0139. The van der Waals surface area contributed by atoms with Crippen molar-refractivity contribution in [2.24, 2.45) is 5.92 Å². The molecule has 1 aromatic carbocycles. The quantitative estimate of drug-likeness (QED) is 0.449. The van der Waals surface area contributed by atoms with Crippen LogP contribution in [0, 0.1) is 5.92 Å². The van der Waals surface area contributed by atoms with Crippen molar-refractivity contribution in [3.8, 4) is 11.5 Å². The molecule has 4 aliphatic rings. The molecule has 2 heterocycles. The predicted octanol–water partition coefficient (Wildman–Crippen LogP) is 0.347. The lowest BCUT2D eigenvalue weighted by molar-refractivity contribution is -0.141. The van der Waals surface area contributed by atoms with Crippen LogP contribution in [0.4, 0.5) is 0 Å². The number of ether oxygens (including phenoxy) is 1. The molecule has 0 amide bonds. The molecule has 5 rings (SSSR count). The van der Waals surface area contributed by atoms with Crippen molar-refractivity contribution in [1.29, 1.82) is 0 Å². The van der Waals surface area contributed by atoms with Crippen LogP contribution in [0.25, 0.3) is 0 Å². The van der Waals surface area contributed by atoms with Crippen LogP contribution in [0.15, 0.2) is 6.07 Å². The largest absolute Gasteiger partial charge is 0.504 e. The number of hydrogen-bond donors (Lipinski definition) is 5. The monoisotopic (exact) mass is 418 g/mol. The third kappa shape index (κ3) is 2.57. The molecule has 1 saturated heterocycles. The van der Waals surface area contributed by atoms with Gasteiger partial charge in [0.1, 0.15) is 12.1 Å². The Hall–Kier alpha value is -1.87. The van der Waals surface area contributed by atoms with E-state index in [4.69, 9.17) is 4.74 Å². The second-order valence-electron chi connectivity index (χ2n) is 9.35. The Morgan fingerprint density at radius 1 is 1.40 bits per heavy atom. The van der Waals surface area contributed by atoms with Crippen molar-refractivity contribution >= 4 is 5.97 Å². The normalized spacial score (nSPS) is 34.9. The van der Waals surface area contributed by atoms with Crippen LogP contribution in [0.3, 0.4) is 0 Å². The number of aromatic hydroxyl groups is 1. The van der Waals surface area contributed by atoms with Crippen LogP contribution in [-0.4, -0.2) is 75.7 Å². The smallest absolute Gasteiger partial charge is 0.320 e. The zero-order valence-electron chi connectivity index (χ0n) is 17.2. The van der Waals surface area contributed by atoms with Gasteiger partial charge >= 0.3 is 5.97 Å². The van der Waals surface area contributed by atoms with Crippen LogP contribution in [-0.2, 0) is 23.2 Å². The molecule has 1 saturated carbocycles. The Labute approximate surface area is 175 Å². The standard InChI is InChI=1S/C22H30N2O6/c1-24-6-5-22-13-2-3-14(23-15(4-7-25)21(28)29)20(22)30-19-17(22)11(9-16(13)24)8-12(10-26)18(19)27/h8,13-16,20,23,25-27H,2-7,9-10H2,1H3,(H,28,29)/t13-,14?,15?,16+,20?,22-/m0/s1. The summed E-state index contributed by atoms with van der Waals surface area (Å²) in [5.41, 5.74) is 2.43. The van der Waals surface area contributed by atoms with E-state index in [1.54, 1.807) is 0 Å². The summed E-state index contributed by atoms with van der Waals surface area (Å²) in [4.78, 5) is 14.1. The number of benzene rings is 1. The van der Waals surface area contributed by atoms with E-state index in [1.807, 2.05) is 6.07 Å². The summed E-state index contributed by atoms with van der Waals surface area (Å²) in [5.74, 6) is -0.0962. The van der Waals surface area contributed by atoms with Crippen molar-refractivity contribution in [3.63, 3.8) is 0 Å². The number of rotatable bonds is 6. The minimum atomic E-state index is -0.977. The highest BCUT2D eigenvalue weighted by Gasteiger charge is 2.65. The summed E-state index contributed by atoms with van der Waals surface area (Å²) < 4.78 is 6.46. The van der Waals surface area contributed by atoms with Crippen LogP contribution in [0.5, 0.6) is 11.5 Å². The Morgan fingerprint density at radius 2 is 2.20 bits per heavy atom. The molecule has 0 radical (unpaired) electrons. The SMILES string of the molecule is CN1CC[C@]23c4c5cc(CO)c(O)c4OC2C(NC(CCO)C(=O)O)CC[C@H]3[C@H]1C5. The summed E-state index contributed by atoms with van der Waals surface area (Å²) in [6, 6.07) is 1.26. The molecule has 8 nitrogen and oxygen atoms in total. The Kier molecular flexibility index (Phi) is 4.74. The van der Waals surface area contributed by atoms with Crippen molar-refractivity contribution in [2.75, 3.05) is 20.2 Å². The fourth-order valence-electron chi connectivity index (χ4n) is 6.83. The second-order valence-corrected chi connectivity index (χ2v) is 9.35. The van der Waals surface area contributed by atoms with Gasteiger partial charge in [-0.15, -0.1) is 0 Å². The zero-order valence-corrected chi connectivity index (χ0v) is 17.2. The van der Waals surface area contributed by atoms with Gasteiger partial charge in [-0.05, 0) is 63.2 Å². The van der Waals surface area contributed by atoms with Crippen molar-refractivity contribution < 1.29 is 30.0 Å². The number of nitrogens with zero attached hydrogens (tertiary/aromatic N) is 1. The predicted molar refractivity (Wildman–Crippen MR) is 108 cm³/mol. The first-order chi connectivity index (χ1) is 14.4. The topological polar surface area (TPSA) is 122 Å². The second kappa shape index (κ2) is 7.09. The number of piperidine rings is 1. The molecule has 2 aliphatic heterocycles. The fourth-order valence-corrected chi connectivity index (χ4v) is 6.83. The molecular formula is C22H30N2O6. The summed E-state index contributed by atoms with van der Waals surface area (Å²) in [6.07, 6.45) is 3.37. The average molecular weight is 418 g/mol. The Morgan fingerprint density at radius 3 is 2.90 bits per heavy atom. The molecule has 2 aliphatic carbocycles. The van der Waals surface area contributed by atoms with E-state index in [0.29, 0.717) is 23.3 Å². The first kappa shape index (κ1) is 20.1. The molecule has 2 fully saturated rings. The highest BCUT2D eigenvalue weighted by atomic mass is 16.5. The third-order valence-electron chi connectivity index (χ3n) is 8.09. The minimum Gasteiger partial charge on any atom is -0.504 e. The van der Waals surface area contributed by atoms with Gasteiger partial charge < -0.3 is 30.1 Å². The fraction of sp³-hybridized carbons (Fsp3) is 0.682. The van der Waals surface area contributed by atoms with Gasteiger partial charge in [-0.3, -0.25) is 10.1 Å². The summed E-state index contributed by atoms with van der Waals surface area (Å²) in [7, 11) is 2.16. The number of aliphatic carboxylic acids is 1. The number of carboxylic acids is 1. The number of nitrogens with one attached hydrogen (secondary N) is 1. The Bertz CT molecular complexity index is 876. The van der Waals surface area contributed by atoms with E-state index in [-0.39, 0.29) is 42.9 Å². The van der Waals surface area contributed by atoms with Crippen LogP contribution in [0.2, 0.25) is 0 Å². The molecule has 30 heavy (non-hydrogen) atoms. The lowest BCUT2D eigenvalue weighted by atomic mass is 9.51. The molecule has 2 bridgehead atoms. The van der Waals surface area contributed by atoms with E-state index in [1.165, 1.54) is 0 Å². The first-order valence-electron chi connectivity index (χ1n) is 10.9. The summed E-state index contributed by atoms with van der Waals surface area (Å²) >= 11 is 0. The van der Waals surface area contributed by atoms with Gasteiger partial charge in [-0.1, -0.05) is 0 Å². The van der Waals surface area contributed by atoms with E-state index in [0.717, 1.165) is 43.4 Å². The lowest BCUT2D eigenvalue weighted by Gasteiger charge is -2.59. The average Bonchev–Trinajstić information content (AvgIpc) is 3.08. The van der Waals surface area contributed by atoms with Crippen molar-refractivity contribution in [3.05, 3.63) is 22.8 Å². The van der Waals surface area contributed by atoms with E-state index in [9.17, 15) is 25.2 Å². The molecule has 1 aromatic rings. The number of carboxylic acid groups (broad SMARTS) is 1. The van der Waals surface area contributed by atoms with Crippen LogP contribution in [0.1, 0.15) is 42.4 Å². The third-order valence-corrected chi connectivity index (χ3v) is 8.09. The van der Waals surface area contributed by atoms with Crippen molar-refractivity contribution in [2.45, 2.75) is 68.4 Å². The van der Waals surface area contributed by atoms with E-state index >= 15 is 0 Å². The van der Waals surface area contributed by atoms with Gasteiger partial charge in [-0.2, -0.15) is 0 Å². The number of likely N-dealkylation sites (N-methyl/N-ethyl adjacent to an activating group) is 1. The number of phenols is 1. The zero-order chi connectivity index (χ0) is 21.2. The first-order valence-corrected chi connectivity index (χ1v) is 10.9. The van der Waals surface area contributed by atoms with E-state index in [2.05, 4.69) is 17.3 Å². The maximum Gasteiger partial charge on any atom is 0.320 e. The van der Waals surface area contributed by atoms with Gasteiger partial charge in [0.25, 0.3) is 0 Å². The highest BCUT2D eigenvalue weighted by molar-refractivity contribution is 5.73. The van der Waals surface area contributed by atoms with Gasteiger partial charge in [0.15, 0.2) is 11.5 Å². The summed E-state index contributed by atoms with van der Waals surface area (Å²) in [5, 5.41) is 42.7. The Balaban J connectivity index is 1.61. The number of aliphatic hydroxyl groups excluding tert-OH is 2. The number of carbonyl (C=O) groups is 1. The van der Waals surface area contributed by atoms with Gasteiger partial charge in [0, 0.05) is 35.2 Å². The molecule has 5 N–H and O–H groups in total. The van der Waals surface area contributed by atoms with Gasteiger partial charge in [0.2, 0.25) is 0 Å². The molecule has 1 spiro atoms. The molecular weight excluding hydrogens is 388 g/mol. The summed E-state index contributed by atoms with van der Waals surface area (Å²) in [6.45, 7) is 0.471. The maximum atomic E-state index is 11.7. The van der Waals surface area contributed by atoms with E-state index < -0.39 is 12.0 Å². The van der Waals surface area contributed by atoms with Crippen LogP contribution >= 0.6 is 0 Å². The van der Waals surface area contributed by atoms with Crippen LogP contribution < -0.4 is 10.1 Å². The molecule has 8 heteroatoms. The number of aliphatic hydroxyl groups is 2. The number of hydrogen-bond acceptors (Lipinski definition) is 7. The molecule has 164 valence electrons. The molecule has 0 aromatic heterocycles. The van der Waals surface area contributed by atoms with Crippen molar-refractivity contribution in [1.82, 2.24) is 10.2 Å². The maximum absolute atomic E-state index is 11.7. The highest BCUT2D eigenvalue weighted by Crippen LogP contribution is 2.64.